The summed E-state index contributed by atoms with van der Waals surface area (Å²) in [6, 6.07) is 1.90. The Labute approximate surface area is 138 Å². The maximum atomic E-state index is 6.36. The van der Waals surface area contributed by atoms with Gasteiger partial charge in [-0.25, -0.2) is 4.98 Å². The van der Waals surface area contributed by atoms with E-state index in [1.165, 1.54) is 12.8 Å². The van der Waals surface area contributed by atoms with E-state index in [9.17, 15) is 0 Å². The highest BCUT2D eigenvalue weighted by atomic mass is 35.5. The van der Waals surface area contributed by atoms with Crippen LogP contribution in [0.3, 0.4) is 0 Å². The molecule has 118 valence electrons. The molecule has 1 aromatic heterocycles. The molecule has 1 atom stereocenters. The second-order valence-electron chi connectivity index (χ2n) is 5.96. The van der Waals surface area contributed by atoms with E-state index in [1.807, 2.05) is 13.0 Å². The summed E-state index contributed by atoms with van der Waals surface area (Å²) in [6.07, 6.45) is 3.72. The van der Waals surface area contributed by atoms with E-state index < -0.39 is 0 Å². The predicted octanol–water partition coefficient (Wildman–Crippen LogP) is 3.91. The fourth-order valence-corrected chi connectivity index (χ4v) is 3.63. The van der Waals surface area contributed by atoms with E-state index in [1.54, 1.807) is 0 Å². The quantitative estimate of drug-likeness (QED) is 0.802. The minimum Gasteiger partial charge on any atom is -0.316 e. The zero-order valence-electron chi connectivity index (χ0n) is 13.0. The van der Waals surface area contributed by atoms with Crippen molar-refractivity contribution in [1.29, 1.82) is 0 Å². The van der Waals surface area contributed by atoms with E-state index >= 15 is 0 Å². The lowest BCUT2D eigenvalue weighted by Gasteiger charge is -2.30. The molecule has 0 radical (unpaired) electrons. The molecule has 3 nitrogen and oxygen atoms in total. The SMILES string of the molecule is CCCN(Cc1c(Cl)cc(C)nc1Cl)CC1CCCNC1. The minimum absolute atomic E-state index is 0.544. The topological polar surface area (TPSA) is 28.2 Å². The van der Waals surface area contributed by atoms with Crippen LogP contribution in [0.25, 0.3) is 0 Å². The summed E-state index contributed by atoms with van der Waals surface area (Å²) in [4.78, 5) is 6.80. The first-order chi connectivity index (χ1) is 10.1. The molecule has 1 saturated heterocycles. The highest BCUT2D eigenvalue weighted by Gasteiger charge is 2.19. The summed E-state index contributed by atoms with van der Waals surface area (Å²) in [5.74, 6) is 0.723. The van der Waals surface area contributed by atoms with Crippen molar-refractivity contribution < 1.29 is 0 Å². The molecule has 2 heterocycles. The first-order valence-electron chi connectivity index (χ1n) is 7.84. The van der Waals surface area contributed by atoms with Crippen molar-refractivity contribution in [3.63, 3.8) is 0 Å². The molecule has 0 spiro atoms. The molecule has 0 aliphatic carbocycles. The maximum Gasteiger partial charge on any atom is 0.135 e. The van der Waals surface area contributed by atoms with Crippen LogP contribution in [-0.4, -0.2) is 36.1 Å². The second kappa shape index (κ2) is 8.33. The van der Waals surface area contributed by atoms with E-state index in [2.05, 4.69) is 22.1 Å². The van der Waals surface area contributed by atoms with Crippen molar-refractivity contribution in [2.45, 2.75) is 39.7 Å². The Balaban J connectivity index is 2.05. The van der Waals surface area contributed by atoms with Gasteiger partial charge in [0.15, 0.2) is 0 Å². The van der Waals surface area contributed by atoms with Crippen LogP contribution in [0.2, 0.25) is 10.2 Å². The van der Waals surface area contributed by atoms with Gasteiger partial charge in [0.25, 0.3) is 0 Å². The van der Waals surface area contributed by atoms with E-state index in [4.69, 9.17) is 23.2 Å². The summed E-state index contributed by atoms with van der Waals surface area (Å²) >= 11 is 12.6. The highest BCUT2D eigenvalue weighted by Crippen LogP contribution is 2.26. The van der Waals surface area contributed by atoms with Crippen LogP contribution in [0.5, 0.6) is 0 Å². The molecule has 1 aliphatic rings. The lowest BCUT2D eigenvalue weighted by molar-refractivity contribution is 0.201. The van der Waals surface area contributed by atoms with Crippen LogP contribution < -0.4 is 5.32 Å². The van der Waals surface area contributed by atoms with E-state index in [0.717, 1.165) is 61.3 Å². The molecular formula is C16H25Cl2N3. The Hall–Kier alpha value is -0.350. The van der Waals surface area contributed by atoms with Gasteiger partial charge in [0.05, 0.1) is 0 Å². The van der Waals surface area contributed by atoms with Crippen molar-refractivity contribution in [2.24, 2.45) is 5.92 Å². The van der Waals surface area contributed by atoms with Crippen molar-refractivity contribution >= 4 is 23.2 Å². The molecular weight excluding hydrogens is 305 g/mol. The highest BCUT2D eigenvalue weighted by molar-refractivity contribution is 6.35. The number of nitrogens with one attached hydrogen (secondary N) is 1. The fraction of sp³-hybridized carbons (Fsp3) is 0.688. The van der Waals surface area contributed by atoms with Crippen molar-refractivity contribution in [3.05, 3.63) is 27.5 Å². The normalized spacial score (nSPS) is 19.2. The van der Waals surface area contributed by atoms with Crippen LogP contribution >= 0.6 is 23.2 Å². The molecule has 0 saturated carbocycles. The van der Waals surface area contributed by atoms with Crippen LogP contribution in [0, 0.1) is 12.8 Å². The van der Waals surface area contributed by atoms with Crippen LogP contribution in [0.1, 0.15) is 37.4 Å². The third-order valence-corrected chi connectivity index (χ3v) is 4.63. The van der Waals surface area contributed by atoms with Crippen LogP contribution in [0.4, 0.5) is 0 Å². The fourth-order valence-electron chi connectivity index (χ4n) is 2.98. The Kier molecular flexibility index (Phi) is 6.74. The molecule has 1 N–H and O–H groups in total. The number of pyridine rings is 1. The molecule has 0 bridgehead atoms. The first kappa shape index (κ1) is 17.0. The number of hydrogen-bond donors (Lipinski definition) is 1. The summed E-state index contributed by atoms with van der Waals surface area (Å²) in [5.41, 5.74) is 1.83. The molecule has 1 aromatic rings. The van der Waals surface area contributed by atoms with Crippen LogP contribution in [-0.2, 0) is 6.54 Å². The number of nitrogens with zero attached hydrogens (tertiary/aromatic N) is 2. The number of piperidine rings is 1. The average molecular weight is 330 g/mol. The molecule has 1 unspecified atom stereocenters. The van der Waals surface area contributed by atoms with Gasteiger partial charge in [-0.05, 0) is 57.8 Å². The number of aryl methyl sites for hydroxylation is 1. The standard InChI is InChI=1S/C16H25Cl2N3/c1-3-7-21(10-13-5-4-6-19-9-13)11-14-15(17)8-12(2)20-16(14)18/h8,13,19H,3-7,9-11H2,1-2H3. The Morgan fingerprint density at radius 1 is 1.43 bits per heavy atom. The monoisotopic (exact) mass is 329 g/mol. The Bertz CT molecular complexity index is 436. The largest absolute Gasteiger partial charge is 0.316 e. The first-order valence-corrected chi connectivity index (χ1v) is 8.60. The number of aromatic nitrogens is 1. The van der Waals surface area contributed by atoms with Crippen LogP contribution in [0.15, 0.2) is 6.07 Å². The van der Waals surface area contributed by atoms with E-state index in [0.29, 0.717) is 5.15 Å². The summed E-state index contributed by atoms with van der Waals surface area (Å²) in [5, 5.41) is 4.76. The van der Waals surface area contributed by atoms with Gasteiger partial charge in [-0.15, -0.1) is 0 Å². The Morgan fingerprint density at radius 2 is 2.24 bits per heavy atom. The third kappa shape index (κ3) is 5.10. The minimum atomic E-state index is 0.544. The average Bonchev–Trinajstić information content (AvgIpc) is 2.44. The molecule has 1 aliphatic heterocycles. The van der Waals surface area contributed by atoms with Gasteiger partial charge in [-0.3, -0.25) is 4.90 Å². The van der Waals surface area contributed by atoms with Gasteiger partial charge in [-0.2, -0.15) is 0 Å². The number of rotatable bonds is 6. The van der Waals surface area contributed by atoms with E-state index in [-0.39, 0.29) is 0 Å². The summed E-state index contributed by atoms with van der Waals surface area (Å²) < 4.78 is 0. The van der Waals surface area contributed by atoms with Crippen molar-refractivity contribution in [3.8, 4) is 0 Å². The molecule has 0 aromatic carbocycles. The maximum absolute atomic E-state index is 6.36. The zero-order valence-corrected chi connectivity index (χ0v) is 14.5. The van der Waals surface area contributed by atoms with Gasteiger partial charge in [0.2, 0.25) is 0 Å². The molecule has 2 rings (SSSR count). The lowest BCUT2D eigenvalue weighted by atomic mass is 9.99. The Morgan fingerprint density at radius 3 is 2.86 bits per heavy atom. The second-order valence-corrected chi connectivity index (χ2v) is 6.73. The molecule has 0 amide bonds. The summed E-state index contributed by atoms with van der Waals surface area (Å²) in [7, 11) is 0. The van der Waals surface area contributed by atoms with Gasteiger partial charge < -0.3 is 5.32 Å². The molecule has 21 heavy (non-hydrogen) atoms. The molecule has 1 fully saturated rings. The smallest absolute Gasteiger partial charge is 0.135 e. The predicted molar refractivity (Wildman–Crippen MR) is 90.2 cm³/mol. The van der Waals surface area contributed by atoms with Gasteiger partial charge in [0, 0.05) is 29.4 Å². The number of hydrogen-bond acceptors (Lipinski definition) is 3. The summed E-state index contributed by atoms with van der Waals surface area (Å²) in [6.45, 7) is 9.35. The lowest BCUT2D eigenvalue weighted by Crippen LogP contribution is -2.38. The molecule has 5 heteroatoms. The number of halogens is 2. The van der Waals surface area contributed by atoms with Gasteiger partial charge in [0.1, 0.15) is 5.15 Å². The third-order valence-electron chi connectivity index (χ3n) is 3.98. The van der Waals surface area contributed by atoms with Crippen molar-refractivity contribution in [1.82, 2.24) is 15.2 Å². The van der Waals surface area contributed by atoms with Gasteiger partial charge in [-0.1, -0.05) is 30.1 Å². The zero-order chi connectivity index (χ0) is 15.2. The van der Waals surface area contributed by atoms with Crippen molar-refractivity contribution in [2.75, 3.05) is 26.2 Å². The van der Waals surface area contributed by atoms with Gasteiger partial charge >= 0.3 is 0 Å².